The van der Waals surface area contributed by atoms with Crippen LogP contribution in [0.15, 0.2) is 71.5 Å². The van der Waals surface area contributed by atoms with Gasteiger partial charge in [0.15, 0.2) is 0 Å². The molecule has 5 aliphatic rings. The van der Waals surface area contributed by atoms with E-state index in [1.807, 2.05) is 40.1 Å². The Kier molecular flexibility index (Phi) is 15.0. The number of amides is 4. The van der Waals surface area contributed by atoms with E-state index in [0.717, 1.165) is 97.2 Å². The minimum atomic E-state index is -0.599. The fourth-order valence-corrected chi connectivity index (χ4v) is 11.1. The van der Waals surface area contributed by atoms with Crippen LogP contribution in [0.5, 0.6) is 0 Å². The summed E-state index contributed by atoms with van der Waals surface area (Å²) < 4.78 is 15.1. The molecule has 4 saturated heterocycles. The first-order chi connectivity index (χ1) is 32.7. The molecule has 356 valence electrons. The van der Waals surface area contributed by atoms with E-state index in [0.29, 0.717) is 91.7 Å². The Hall–Kier alpha value is -5.51. The quantitative estimate of drug-likeness (QED) is 0.185. The van der Waals surface area contributed by atoms with Crippen LogP contribution in [0.3, 0.4) is 0 Å². The zero-order valence-corrected chi connectivity index (χ0v) is 38.7. The molecule has 1 saturated carbocycles. The van der Waals surface area contributed by atoms with Gasteiger partial charge in [-0.2, -0.15) is 5.10 Å². The summed E-state index contributed by atoms with van der Waals surface area (Å²) in [5, 5.41) is 14.7. The van der Waals surface area contributed by atoms with Gasteiger partial charge in [-0.3, -0.25) is 33.8 Å². The number of nitrogens with one attached hydrogen (secondary N) is 3. The zero-order valence-electron chi connectivity index (χ0n) is 38.7. The summed E-state index contributed by atoms with van der Waals surface area (Å²) in [7, 11) is 0. The van der Waals surface area contributed by atoms with Crippen LogP contribution in [0.1, 0.15) is 101 Å². The number of hydrogen-bond acceptors (Lipinski definition) is 9. The number of hydrogen-bond donors (Lipinski definition) is 3. The second-order valence-electron chi connectivity index (χ2n) is 19.6. The average molecular weight is 916 g/mol. The highest BCUT2D eigenvalue weighted by molar-refractivity contribution is 5.98. The van der Waals surface area contributed by atoms with E-state index in [2.05, 4.69) is 36.7 Å². The predicted octanol–water partition coefficient (Wildman–Crippen LogP) is 4.64. The normalized spacial score (nSPS) is 21.0. The van der Waals surface area contributed by atoms with Gasteiger partial charge in [-0.1, -0.05) is 55.7 Å². The number of benzene rings is 3. The van der Waals surface area contributed by atoms with E-state index in [1.54, 1.807) is 29.2 Å². The van der Waals surface area contributed by atoms with Gasteiger partial charge >= 0.3 is 0 Å². The van der Waals surface area contributed by atoms with Crippen molar-refractivity contribution in [2.45, 2.75) is 76.2 Å². The predicted molar refractivity (Wildman–Crippen MR) is 255 cm³/mol. The molecule has 14 nitrogen and oxygen atoms in total. The summed E-state index contributed by atoms with van der Waals surface area (Å²) in [5.41, 5.74) is 2.86. The van der Waals surface area contributed by atoms with Crippen molar-refractivity contribution < 1.29 is 23.6 Å². The number of H-pyrrole nitrogens is 1. The van der Waals surface area contributed by atoms with Crippen molar-refractivity contribution in [3.05, 3.63) is 111 Å². The average Bonchev–Trinajstić information content (AvgIpc) is 3.38. The Morgan fingerprint density at radius 2 is 1.46 bits per heavy atom. The lowest BCUT2D eigenvalue weighted by Crippen LogP contribution is -2.57. The van der Waals surface area contributed by atoms with E-state index in [4.69, 9.17) is 0 Å². The van der Waals surface area contributed by atoms with Crippen LogP contribution < -0.4 is 16.2 Å². The SMILES string of the molecule is O=C(N[C@@H](C(=O)N1CCN(CC2CCN(CC(=O)N3CCN(C(=O)c4cc(Cc5n[nH]c(=O)c6ccccc56)ccc4F)CC3)CC2)CC1)C1CCCCC1)c1cccc(C2CCCNC2)c1. The number of nitrogens with zero attached hydrogens (tertiary/aromatic N) is 6. The smallest absolute Gasteiger partial charge is 0.272 e. The Balaban J connectivity index is 0.705. The first kappa shape index (κ1) is 46.6. The molecule has 9 rings (SSSR count). The first-order valence-corrected chi connectivity index (χ1v) is 24.8. The number of aromatic nitrogens is 2. The van der Waals surface area contributed by atoms with Crippen molar-refractivity contribution in [3.63, 3.8) is 0 Å². The highest BCUT2D eigenvalue weighted by atomic mass is 19.1. The lowest BCUT2D eigenvalue weighted by atomic mass is 9.83. The van der Waals surface area contributed by atoms with Crippen molar-refractivity contribution in [2.24, 2.45) is 11.8 Å². The van der Waals surface area contributed by atoms with E-state index in [1.165, 1.54) is 18.1 Å². The number of piperidine rings is 2. The minimum Gasteiger partial charge on any atom is -0.340 e. The molecule has 5 heterocycles. The maximum absolute atomic E-state index is 15.1. The van der Waals surface area contributed by atoms with Crippen LogP contribution in [0.2, 0.25) is 0 Å². The molecular formula is C52H66FN9O5. The molecule has 1 aliphatic carbocycles. The number of aromatic amines is 1. The standard InChI is InChI=1S/C52H66FN9O5/c53-45-16-15-37(31-46-42-13-4-5-14-43(42)50(65)57-56-46)30-44(45)51(66)61-28-26-60(27-29-61)47(63)35-58-20-17-36(18-21-58)34-59-22-24-62(25-23-59)52(67)48(38-8-2-1-3-9-38)55-49(64)40-11-6-10-39(32-40)41-12-7-19-54-33-41/h4-6,10-11,13-16,30,32,36,38,41,48,54H,1-3,7-9,12,17-29,31,33-35H2,(H,55,64)(H,57,65)/t41?,48-/m1/s1. The van der Waals surface area contributed by atoms with Gasteiger partial charge in [0.1, 0.15) is 11.9 Å². The summed E-state index contributed by atoms with van der Waals surface area (Å²) in [6, 6.07) is 19.2. The number of fused-ring (bicyclic) bond motifs is 1. The molecule has 0 spiro atoms. The number of piperazine rings is 2. The molecule has 5 fully saturated rings. The Morgan fingerprint density at radius 3 is 2.21 bits per heavy atom. The van der Waals surface area contributed by atoms with E-state index in [9.17, 15) is 24.0 Å². The number of carbonyl (C=O) groups excluding carboxylic acids is 4. The number of likely N-dealkylation sites (tertiary alicyclic amines) is 1. The number of halogens is 1. The van der Waals surface area contributed by atoms with E-state index in [-0.39, 0.29) is 34.8 Å². The molecule has 15 heteroatoms. The fraction of sp³-hybridized carbons (Fsp3) is 0.538. The Labute approximate surface area is 392 Å². The third-order valence-corrected chi connectivity index (χ3v) is 15.2. The van der Waals surface area contributed by atoms with E-state index < -0.39 is 17.8 Å². The maximum atomic E-state index is 15.1. The second kappa shape index (κ2) is 21.6. The summed E-state index contributed by atoms with van der Waals surface area (Å²) in [4.78, 5) is 77.4. The summed E-state index contributed by atoms with van der Waals surface area (Å²) in [6.07, 6.45) is 9.86. The van der Waals surface area contributed by atoms with Gasteiger partial charge < -0.3 is 25.3 Å². The fourth-order valence-electron chi connectivity index (χ4n) is 11.1. The van der Waals surface area contributed by atoms with Gasteiger partial charge in [0.25, 0.3) is 17.4 Å². The monoisotopic (exact) mass is 916 g/mol. The van der Waals surface area contributed by atoms with Gasteiger partial charge in [0.2, 0.25) is 11.8 Å². The van der Waals surface area contributed by atoms with Crippen molar-refractivity contribution in [3.8, 4) is 0 Å². The molecule has 3 N–H and O–H groups in total. The molecule has 4 amide bonds. The van der Waals surface area contributed by atoms with Crippen molar-refractivity contribution in [1.82, 2.24) is 45.3 Å². The Morgan fingerprint density at radius 1 is 0.731 bits per heavy atom. The first-order valence-electron chi connectivity index (χ1n) is 24.8. The lowest BCUT2D eigenvalue weighted by molar-refractivity contribution is -0.137. The van der Waals surface area contributed by atoms with Crippen LogP contribution in [-0.4, -0.2) is 156 Å². The molecule has 0 bridgehead atoms. The van der Waals surface area contributed by atoms with Gasteiger partial charge in [-0.15, -0.1) is 0 Å². The summed E-state index contributed by atoms with van der Waals surface area (Å²) in [6.45, 7) is 9.34. The van der Waals surface area contributed by atoms with Crippen LogP contribution in [-0.2, 0) is 16.0 Å². The number of carbonyl (C=O) groups is 4. The van der Waals surface area contributed by atoms with E-state index >= 15 is 4.39 Å². The van der Waals surface area contributed by atoms with Crippen molar-refractivity contribution in [2.75, 3.05) is 91.6 Å². The van der Waals surface area contributed by atoms with Crippen LogP contribution in [0.25, 0.3) is 10.8 Å². The van der Waals surface area contributed by atoms with Gasteiger partial charge in [-0.25, -0.2) is 9.49 Å². The van der Waals surface area contributed by atoms with Gasteiger partial charge in [0, 0.05) is 82.8 Å². The molecule has 3 aromatic carbocycles. The molecule has 1 aromatic heterocycles. The highest BCUT2D eigenvalue weighted by Gasteiger charge is 2.36. The molecule has 4 aromatic rings. The number of rotatable bonds is 12. The molecule has 0 radical (unpaired) electrons. The van der Waals surface area contributed by atoms with Crippen LogP contribution in [0.4, 0.5) is 4.39 Å². The molecule has 1 unspecified atom stereocenters. The molecule has 67 heavy (non-hydrogen) atoms. The summed E-state index contributed by atoms with van der Waals surface area (Å²) in [5.74, 6) is 0.0285. The van der Waals surface area contributed by atoms with Crippen LogP contribution >= 0.6 is 0 Å². The minimum absolute atomic E-state index is 0.0157. The second-order valence-corrected chi connectivity index (χ2v) is 19.6. The molecule has 4 aliphatic heterocycles. The van der Waals surface area contributed by atoms with Gasteiger partial charge in [0.05, 0.1) is 23.2 Å². The maximum Gasteiger partial charge on any atom is 0.272 e. The topological polar surface area (TPSA) is 154 Å². The Bertz CT molecular complexity index is 2450. The zero-order chi connectivity index (χ0) is 46.3. The lowest BCUT2D eigenvalue weighted by Gasteiger charge is -2.41. The van der Waals surface area contributed by atoms with Crippen LogP contribution in [0, 0.1) is 17.7 Å². The largest absolute Gasteiger partial charge is 0.340 e. The third kappa shape index (κ3) is 11.3. The third-order valence-electron chi connectivity index (χ3n) is 15.2. The molecule has 2 atom stereocenters. The highest BCUT2D eigenvalue weighted by Crippen LogP contribution is 2.30. The van der Waals surface area contributed by atoms with Crippen molar-refractivity contribution >= 4 is 34.4 Å². The molecular weight excluding hydrogens is 850 g/mol. The van der Waals surface area contributed by atoms with Crippen molar-refractivity contribution in [1.29, 1.82) is 0 Å². The van der Waals surface area contributed by atoms with Gasteiger partial charge in [-0.05, 0) is 117 Å². The summed E-state index contributed by atoms with van der Waals surface area (Å²) >= 11 is 0.